The average Bonchev–Trinajstić information content (AvgIpc) is 2.84. The molecule has 178 valence electrons. The van der Waals surface area contributed by atoms with Gasteiger partial charge in [-0.3, -0.25) is 4.79 Å². The minimum atomic E-state index is -3.88. The maximum absolute atomic E-state index is 13.5. The fraction of sp³-hybridized carbons (Fsp3) is 0.200. The Kier molecular flexibility index (Phi) is 8.04. The quantitative estimate of drug-likeness (QED) is 0.337. The van der Waals surface area contributed by atoms with Crippen LogP contribution in [-0.2, 0) is 32.6 Å². The van der Waals surface area contributed by atoms with Crippen molar-refractivity contribution >= 4 is 22.0 Å². The predicted molar refractivity (Wildman–Crippen MR) is 125 cm³/mol. The first-order valence-corrected chi connectivity index (χ1v) is 11.8. The molecule has 34 heavy (non-hydrogen) atoms. The summed E-state index contributed by atoms with van der Waals surface area (Å²) in [5, 5.41) is 0. The van der Waals surface area contributed by atoms with E-state index in [2.05, 4.69) is 0 Å². The highest BCUT2D eigenvalue weighted by molar-refractivity contribution is 7.89. The molecular weight excluding hydrogens is 458 g/mol. The van der Waals surface area contributed by atoms with Gasteiger partial charge in [0.1, 0.15) is 11.5 Å². The maximum Gasteiger partial charge on any atom is 0.337 e. The minimum Gasteiger partial charge on any atom is -0.496 e. The van der Waals surface area contributed by atoms with E-state index in [0.717, 1.165) is 0 Å². The van der Waals surface area contributed by atoms with Gasteiger partial charge in [0.25, 0.3) is 0 Å². The molecule has 0 heterocycles. The van der Waals surface area contributed by atoms with Crippen LogP contribution in [0.15, 0.2) is 77.7 Å². The number of sulfonamides is 1. The third-order valence-corrected chi connectivity index (χ3v) is 6.79. The Balaban J connectivity index is 1.97. The number of nitrogens with zero attached hydrogens (tertiary/aromatic N) is 1. The molecule has 0 aliphatic rings. The Morgan fingerprint density at radius 1 is 0.882 bits per heavy atom. The number of methoxy groups -OCH3 is 2. The molecule has 0 saturated heterocycles. The summed E-state index contributed by atoms with van der Waals surface area (Å²) in [4.78, 5) is 23.1. The van der Waals surface area contributed by atoms with Crippen LogP contribution in [0.4, 0.5) is 0 Å². The van der Waals surface area contributed by atoms with E-state index in [9.17, 15) is 18.0 Å². The zero-order valence-electron chi connectivity index (χ0n) is 19.1. The van der Waals surface area contributed by atoms with Gasteiger partial charge in [0, 0.05) is 31.6 Å². The second-order valence-corrected chi connectivity index (χ2v) is 9.28. The Morgan fingerprint density at radius 3 is 2.15 bits per heavy atom. The number of hydrogen-bond acceptors (Lipinski definition) is 7. The molecule has 0 amide bonds. The van der Waals surface area contributed by atoms with Crippen molar-refractivity contribution < 1.29 is 32.2 Å². The normalized spacial score (nSPS) is 11.2. The molecule has 3 aromatic rings. The SMILES string of the molecule is COC(=O)c1ccc(CN(Cc2ccc(OC(C)=O)cc2OC)S(=O)(=O)c2ccccc2)cc1. The van der Waals surface area contributed by atoms with E-state index in [-0.39, 0.29) is 18.0 Å². The van der Waals surface area contributed by atoms with Gasteiger partial charge < -0.3 is 14.2 Å². The topological polar surface area (TPSA) is 99.2 Å². The van der Waals surface area contributed by atoms with Crippen molar-refractivity contribution in [1.82, 2.24) is 4.31 Å². The second kappa shape index (κ2) is 11.0. The lowest BCUT2D eigenvalue weighted by atomic mass is 10.1. The van der Waals surface area contributed by atoms with Crippen LogP contribution in [0, 0.1) is 0 Å². The number of carbonyl (C=O) groups excluding carboxylic acids is 2. The summed E-state index contributed by atoms with van der Waals surface area (Å²) >= 11 is 0. The van der Waals surface area contributed by atoms with Crippen molar-refractivity contribution in [2.24, 2.45) is 0 Å². The lowest BCUT2D eigenvalue weighted by Crippen LogP contribution is -2.30. The number of esters is 2. The molecule has 3 rings (SSSR count). The summed E-state index contributed by atoms with van der Waals surface area (Å²) in [7, 11) is -1.13. The molecule has 0 saturated carbocycles. The molecule has 0 bridgehead atoms. The van der Waals surface area contributed by atoms with Crippen molar-refractivity contribution in [3.8, 4) is 11.5 Å². The van der Waals surface area contributed by atoms with Gasteiger partial charge in [-0.1, -0.05) is 36.4 Å². The van der Waals surface area contributed by atoms with Crippen molar-refractivity contribution in [2.75, 3.05) is 14.2 Å². The van der Waals surface area contributed by atoms with E-state index in [1.807, 2.05) is 0 Å². The van der Waals surface area contributed by atoms with Crippen LogP contribution in [0.5, 0.6) is 11.5 Å². The van der Waals surface area contributed by atoms with E-state index < -0.39 is 22.0 Å². The molecule has 0 aromatic heterocycles. The Labute approximate surface area is 198 Å². The summed E-state index contributed by atoms with van der Waals surface area (Å²) in [6.45, 7) is 1.34. The molecular formula is C25H25NO7S. The van der Waals surface area contributed by atoms with Gasteiger partial charge in [-0.2, -0.15) is 4.31 Å². The lowest BCUT2D eigenvalue weighted by molar-refractivity contribution is -0.131. The van der Waals surface area contributed by atoms with Gasteiger partial charge in [-0.25, -0.2) is 13.2 Å². The van der Waals surface area contributed by atoms with Gasteiger partial charge in [-0.15, -0.1) is 0 Å². The van der Waals surface area contributed by atoms with Crippen LogP contribution in [-0.4, -0.2) is 38.9 Å². The molecule has 0 radical (unpaired) electrons. The smallest absolute Gasteiger partial charge is 0.337 e. The number of carbonyl (C=O) groups is 2. The number of ether oxygens (including phenoxy) is 3. The highest BCUT2D eigenvalue weighted by atomic mass is 32.2. The first kappa shape index (κ1) is 24.9. The van der Waals surface area contributed by atoms with Crippen molar-refractivity contribution in [1.29, 1.82) is 0 Å². The highest BCUT2D eigenvalue weighted by Crippen LogP contribution is 2.29. The predicted octanol–water partition coefficient (Wildman–Crippen LogP) is 3.80. The van der Waals surface area contributed by atoms with Gasteiger partial charge in [0.2, 0.25) is 10.0 Å². The van der Waals surface area contributed by atoms with Crippen molar-refractivity contribution in [3.05, 3.63) is 89.5 Å². The van der Waals surface area contributed by atoms with Crippen LogP contribution in [0.2, 0.25) is 0 Å². The first-order valence-electron chi connectivity index (χ1n) is 10.3. The molecule has 8 nitrogen and oxygen atoms in total. The molecule has 0 atom stereocenters. The Bertz CT molecular complexity index is 1260. The van der Waals surface area contributed by atoms with E-state index in [1.54, 1.807) is 54.6 Å². The van der Waals surface area contributed by atoms with E-state index in [1.165, 1.54) is 43.6 Å². The molecule has 0 unspecified atom stereocenters. The van der Waals surface area contributed by atoms with Crippen molar-refractivity contribution in [3.63, 3.8) is 0 Å². The maximum atomic E-state index is 13.5. The Morgan fingerprint density at radius 2 is 1.56 bits per heavy atom. The molecule has 0 fully saturated rings. The summed E-state index contributed by atoms with van der Waals surface area (Å²) < 4.78 is 43.6. The van der Waals surface area contributed by atoms with Crippen LogP contribution in [0.3, 0.4) is 0 Å². The fourth-order valence-electron chi connectivity index (χ4n) is 3.31. The standard InChI is InChI=1S/C25H25NO7S/c1-18(27)33-22-14-13-21(24(15-22)31-2)17-26(34(29,30)23-7-5-4-6-8-23)16-19-9-11-20(12-10-19)25(28)32-3/h4-15H,16-17H2,1-3H3. The van der Waals surface area contributed by atoms with E-state index >= 15 is 0 Å². The second-order valence-electron chi connectivity index (χ2n) is 7.34. The summed E-state index contributed by atoms with van der Waals surface area (Å²) in [6, 6.07) is 19.4. The van der Waals surface area contributed by atoms with Crippen molar-refractivity contribution in [2.45, 2.75) is 24.9 Å². The third kappa shape index (κ3) is 6.00. The van der Waals surface area contributed by atoms with Gasteiger partial charge in [0.15, 0.2) is 0 Å². The number of benzene rings is 3. The molecule has 3 aromatic carbocycles. The Hall–Kier alpha value is -3.69. The zero-order valence-corrected chi connectivity index (χ0v) is 19.9. The molecule has 0 spiro atoms. The molecule has 0 aliphatic heterocycles. The summed E-state index contributed by atoms with van der Waals surface area (Å²) in [6.07, 6.45) is 0. The van der Waals surface area contributed by atoms with Gasteiger partial charge >= 0.3 is 11.9 Å². The monoisotopic (exact) mass is 483 g/mol. The molecule has 9 heteroatoms. The number of hydrogen-bond donors (Lipinski definition) is 0. The third-order valence-electron chi connectivity index (χ3n) is 4.98. The van der Waals surface area contributed by atoms with E-state index in [4.69, 9.17) is 14.2 Å². The zero-order chi connectivity index (χ0) is 24.7. The average molecular weight is 484 g/mol. The first-order chi connectivity index (χ1) is 16.2. The fourth-order valence-corrected chi connectivity index (χ4v) is 4.74. The summed E-state index contributed by atoms with van der Waals surface area (Å²) in [5.74, 6) is -0.270. The highest BCUT2D eigenvalue weighted by Gasteiger charge is 2.26. The van der Waals surface area contributed by atoms with Gasteiger partial charge in [-0.05, 0) is 35.9 Å². The molecule has 0 aliphatic carbocycles. The van der Waals surface area contributed by atoms with Gasteiger partial charge in [0.05, 0.1) is 24.7 Å². The van der Waals surface area contributed by atoms with Crippen LogP contribution < -0.4 is 9.47 Å². The number of rotatable bonds is 9. The summed E-state index contributed by atoms with van der Waals surface area (Å²) in [5.41, 5.74) is 1.64. The lowest BCUT2D eigenvalue weighted by Gasteiger charge is -2.24. The van der Waals surface area contributed by atoms with Crippen LogP contribution in [0.1, 0.15) is 28.4 Å². The minimum absolute atomic E-state index is 0.000491. The molecule has 0 N–H and O–H groups in total. The largest absolute Gasteiger partial charge is 0.496 e. The van der Waals surface area contributed by atoms with E-state index in [0.29, 0.717) is 28.2 Å². The van der Waals surface area contributed by atoms with Crippen LogP contribution >= 0.6 is 0 Å². The van der Waals surface area contributed by atoms with Crippen LogP contribution in [0.25, 0.3) is 0 Å².